The molecule has 124 valence electrons. The standard InChI is InChI=1S/C17H13N5OS2/c1-21-9-11-25-17(21)19-16(23)14-18-15(13-8-5-10-24-13)22(20-14)12-6-3-2-4-7-12/h2-11H,1H3. The Morgan fingerprint density at radius 2 is 1.92 bits per heavy atom. The van der Waals surface area contributed by atoms with Crippen molar-refractivity contribution in [3.8, 4) is 16.4 Å². The largest absolute Gasteiger partial charge is 0.327 e. The lowest BCUT2D eigenvalue weighted by atomic mass is 10.3. The summed E-state index contributed by atoms with van der Waals surface area (Å²) in [5.41, 5.74) is 0.846. The smallest absolute Gasteiger partial charge is 0.319 e. The molecule has 0 unspecified atom stereocenters. The second kappa shape index (κ2) is 6.58. The van der Waals surface area contributed by atoms with Gasteiger partial charge in [0.1, 0.15) is 0 Å². The number of nitrogens with zero attached hydrogens (tertiary/aromatic N) is 5. The zero-order chi connectivity index (χ0) is 17.2. The van der Waals surface area contributed by atoms with Crippen LogP contribution in [0.5, 0.6) is 0 Å². The summed E-state index contributed by atoms with van der Waals surface area (Å²) in [5.74, 6) is 0.265. The highest BCUT2D eigenvalue weighted by atomic mass is 32.1. The van der Waals surface area contributed by atoms with Crippen LogP contribution >= 0.6 is 22.7 Å². The predicted molar refractivity (Wildman–Crippen MR) is 97.9 cm³/mol. The molecule has 0 spiro atoms. The van der Waals surface area contributed by atoms with Crippen molar-refractivity contribution in [3.63, 3.8) is 0 Å². The predicted octanol–water partition coefficient (Wildman–Crippen LogP) is 3.14. The van der Waals surface area contributed by atoms with Crippen LogP contribution in [0.2, 0.25) is 0 Å². The SMILES string of the molecule is Cn1ccsc1=NC(=O)c1nc(-c2cccs2)n(-c2ccccc2)n1. The van der Waals surface area contributed by atoms with Gasteiger partial charge in [-0.25, -0.2) is 9.67 Å². The van der Waals surface area contributed by atoms with E-state index in [0.717, 1.165) is 10.6 Å². The maximum absolute atomic E-state index is 12.5. The summed E-state index contributed by atoms with van der Waals surface area (Å²) in [7, 11) is 1.84. The number of rotatable bonds is 3. The molecular weight excluding hydrogens is 354 g/mol. The molecule has 3 aromatic heterocycles. The molecule has 25 heavy (non-hydrogen) atoms. The molecule has 0 aliphatic rings. The summed E-state index contributed by atoms with van der Waals surface area (Å²) in [6, 6.07) is 13.5. The van der Waals surface area contributed by atoms with E-state index in [1.807, 2.05) is 66.5 Å². The molecule has 0 bridgehead atoms. The normalized spacial score (nSPS) is 11.8. The molecule has 0 saturated heterocycles. The molecule has 3 heterocycles. The second-order valence-corrected chi connectivity index (χ2v) is 7.02. The van der Waals surface area contributed by atoms with E-state index < -0.39 is 5.91 Å². The molecule has 0 radical (unpaired) electrons. The average molecular weight is 367 g/mol. The van der Waals surface area contributed by atoms with E-state index in [9.17, 15) is 4.79 Å². The Kier molecular flexibility index (Phi) is 4.12. The van der Waals surface area contributed by atoms with E-state index in [2.05, 4.69) is 15.1 Å². The highest BCUT2D eigenvalue weighted by Crippen LogP contribution is 2.25. The molecule has 0 aliphatic heterocycles. The number of para-hydroxylation sites is 1. The van der Waals surface area contributed by atoms with Crippen LogP contribution in [0.25, 0.3) is 16.4 Å². The van der Waals surface area contributed by atoms with Gasteiger partial charge in [-0.3, -0.25) is 4.79 Å². The van der Waals surface area contributed by atoms with Gasteiger partial charge in [-0.05, 0) is 23.6 Å². The zero-order valence-corrected chi connectivity index (χ0v) is 14.9. The van der Waals surface area contributed by atoms with E-state index in [4.69, 9.17) is 0 Å². The van der Waals surface area contributed by atoms with Gasteiger partial charge in [-0.1, -0.05) is 24.3 Å². The van der Waals surface area contributed by atoms with E-state index in [-0.39, 0.29) is 5.82 Å². The van der Waals surface area contributed by atoms with Gasteiger partial charge in [0.15, 0.2) is 10.6 Å². The third-order valence-electron chi connectivity index (χ3n) is 3.50. The summed E-state index contributed by atoms with van der Waals surface area (Å²) in [6.45, 7) is 0. The van der Waals surface area contributed by atoms with Gasteiger partial charge in [0.25, 0.3) is 0 Å². The van der Waals surface area contributed by atoms with Gasteiger partial charge in [-0.2, -0.15) is 4.99 Å². The molecule has 0 atom stereocenters. The Labute approximate surface area is 151 Å². The van der Waals surface area contributed by atoms with Crippen molar-refractivity contribution in [2.45, 2.75) is 0 Å². The van der Waals surface area contributed by atoms with Crippen LogP contribution in [-0.2, 0) is 7.05 Å². The Morgan fingerprint density at radius 3 is 2.60 bits per heavy atom. The molecule has 0 N–H and O–H groups in total. The van der Waals surface area contributed by atoms with Crippen molar-refractivity contribution in [2.24, 2.45) is 12.0 Å². The minimum atomic E-state index is -0.453. The molecule has 4 rings (SSSR count). The van der Waals surface area contributed by atoms with Gasteiger partial charge in [0, 0.05) is 18.6 Å². The summed E-state index contributed by atoms with van der Waals surface area (Å²) < 4.78 is 3.47. The quantitative estimate of drug-likeness (QED) is 0.559. The Bertz CT molecular complexity index is 1070. The zero-order valence-electron chi connectivity index (χ0n) is 13.2. The van der Waals surface area contributed by atoms with Gasteiger partial charge in [0.05, 0.1) is 10.6 Å². The van der Waals surface area contributed by atoms with Crippen LogP contribution in [-0.4, -0.2) is 25.2 Å². The highest BCUT2D eigenvalue weighted by Gasteiger charge is 2.19. The molecule has 8 heteroatoms. The fraction of sp³-hybridized carbons (Fsp3) is 0.0588. The van der Waals surface area contributed by atoms with Crippen LogP contribution in [0.4, 0.5) is 0 Å². The topological polar surface area (TPSA) is 65.1 Å². The summed E-state index contributed by atoms with van der Waals surface area (Å²) in [6.07, 6.45) is 1.85. The number of carbonyl (C=O) groups excluding carboxylic acids is 1. The highest BCUT2D eigenvalue weighted by molar-refractivity contribution is 7.13. The lowest BCUT2D eigenvalue weighted by molar-refractivity contribution is 0.0988. The minimum Gasteiger partial charge on any atom is -0.327 e. The number of thiophene rings is 1. The van der Waals surface area contributed by atoms with Crippen LogP contribution in [0.3, 0.4) is 0 Å². The van der Waals surface area contributed by atoms with Gasteiger partial charge in [0.2, 0.25) is 5.82 Å². The fourth-order valence-electron chi connectivity index (χ4n) is 2.29. The van der Waals surface area contributed by atoms with Crippen LogP contribution in [0, 0.1) is 0 Å². The van der Waals surface area contributed by atoms with Gasteiger partial charge < -0.3 is 4.57 Å². The number of amides is 1. The summed E-state index contributed by atoms with van der Waals surface area (Å²) in [5, 5.41) is 8.25. The molecular formula is C17H13N5OS2. The van der Waals surface area contributed by atoms with Gasteiger partial charge >= 0.3 is 5.91 Å². The Hall–Kier alpha value is -2.84. The van der Waals surface area contributed by atoms with E-state index >= 15 is 0 Å². The van der Waals surface area contributed by atoms with Crippen LogP contribution < -0.4 is 4.80 Å². The second-order valence-electron chi connectivity index (χ2n) is 5.20. The number of benzene rings is 1. The third kappa shape index (κ3) is 3.09. The van der Waals surface area contributed by atoms with Gasteiger partial charge in [-0.15, -0.1) is 27.8 Å². The molecule has 0 fully saturated rings. The van der Waals surface area contributed by atoms with E-state index in [0.29, 0.717) is 10.6 Å². The number of carbonyl (C=O) groups is 1. The fourth-order valence-corrected chi connectivity index (χ4v) is 3.72. The van der Waals surface area contributed by atoms with Crippen molar-refractivity contribution in [1.82, 2.24) is 19.3 Å². The number of aryl methyl sites for hydroxylation is 1. The minimum absolute atomic E-state index is 0.0839. The van der Waals surface area contributed by atoms with Crippen molar-refractivity contribution in [2.75, 3.05) is 0 Å². The van der Waals surface area contributed by atoms with E-state index in [1.54, 1.807) is 20.6 Å². The molecule has 1 aromatic carbocycles. The first-order valence-corrected chi connectivity index (χ1v) is 9.24. The van der Waals surface area contributed by atoms with E-state index in [1.165, 1.54) is 11.3 Å². The van der Waals surface area contributed by atoms with Crippen molar-refractivity contribution < 1.29 is 4.79 Å². The monoisotopic (exact) mass is 367 g/mol. The lowest BCUT2D eigenvalue weighted by Crippen LogP contribution is -2.13. The number of thiazole rings is 1. The average Bonchev–Trinajstić information content (AvgIpc) is 3.36. The molecule has 0 aliphatic carbocycles. The number of aromatic nitrogens is 4. The molecule has 1 amide bonds. The molecule has 4 aromatic rings. The lowest BCUT2D eigenvalue weighted by Gasteiger charge is -2.03. The first kappa shape index (κ1) is 15.7. The van der Waals surface area contributed by atoms with Crippen LogP contribution in [0.1, 0.15) is 10.6 Å². The maximum atomic E-state index is 12.5. The van der Waals surface area contributed by atoms with Crippen molar-refractivity contribution in [3.05, 3.63) is 70.0 Å². The van der Waals surface area contributed by atoms with Crippen molar-refractivity contribution in [1.29, 1.82) is 0 Å². The summed E-state index contributed by atoms with van der Waals surface area (Å²) in [4.78, 5) is 22.7. The Balaban J connectivity index is 1.83. The summed E-state index contributed by atoms with van der Waals surface area (Å²) >= 11 is 2.94. The van der Waals surface area contributed by atoms with Crippen molar-refractivity contribution >= 4 is 28.6 Å². The number of hydrogen-bond donors (Lipinski definition) is 0. The number of hydrogen-bond acceptors (Lipinski definition) is 5. The first-order chi connectivity index (χ1) is 12.2. The third-order valence-corrected chi connectivity index (χ3v) is 5.21. The first-order valence-electron chi connectivity index (χ1n) is 7.48. The maximum Gasteiger partial charge on any atom is 0.319 e. The molecule has 0 saturated carbocycles. The molecule has 6 nitrogen and oxygen atoms in total. The van der Waals surface area contributed by atoms with Crippen LogP contribution in [0.15, 0.2) is 64.4 Å². The Morgan fingerprint density at radius 1 is 1.08 bits per heavy atom.